The van der Waals surface area contributed by atoms with Crippen LogP contribution in [-0.2, 0) is 11.3 Å². The molecule has 0 amide bonds. The van der Waals surface area contributed by atoms with Gasteiger partial charge in [-0.2, -0.15) is 5.10 Å². The van der Waals surface area contributed by atoms with E-state index in [2.05, 4.69) is 10.4 Å². The van der Waals surface area contributed by atoms with E-state index in [-0.39, 0.29) is 6.04 Å². The molecule has 1 heterocycles. The Kier molecular flexibility index (Phi) is 4.49. The summed E-state index contributed by atoms with van der Waals surface area (Å²) in [6, 6.07) is 1.56. The average molecular weight is 225 g/mol. The van der Waals surface area contributed by atoms with Gasteiger partial charge in [-0.1, -0.05) is 13.8 Å². The minimum atomic E-state index is -0.807. The zero-order valence-electron chi connectivity index (χ0n) is 9.97. The van der Waals surface area contributed by atoms with E-state index in [4.69, 9.17) is 5.11 Å². The Bertz CT molecular complexity index is 347. The molecule has 1 rings (SSSR count). The van der Waals surface area contributed by atoms with Gasteiger partial charge in [0.1, 0.15) is 6.04 Å². The number of nitrogens with one attached hydrogen (secondary N) is 1. The van der Waals surface area contributed by atoms with Crippen LogP contribution in [0.1, 0.15) is 26.0 Å². The SMILES string of the molecule is Cc1ccnn1CCC(NC(C)C)C(=O)O. The van der Waals surface area contributed by atoms with Gasteiger partial charge in [-0.3, -0.25) is 9.48 Å². The van der Waals surface area contributed by atoms with Crippen LogP contribution in [0.25, 0.3) is 0 Å². The topological polar surface area (TPSA) is 67.2 Å². The van der Waals surface area contributed by atoms with Crippen LogP contribution in [0.4, 0.5) is 0 Å². The first-order valence-corrected chi connectivity index (χ1v) is 5.48. The molecule has 0 radical (unpaired) electrons. The molecule has 0 saturated heterocycles. The van der Waals surface area contributed by atoms with Crippen molar-refractivity contribution in [3.05, 3.63) is 18.0 Å². The lowest BCUT2D eigenvalue weighted by atomic mass is 10.2. The standard InChI is InChI=1S/C11H19N3O2/c1-8(2)13-10(11(15)16)5-7-14-9(3)4-6-12-14/h4,6,8,10,13H,5,7H2,1-3H3,(H,15,16). The minimum absolute atomic E-state index is 0.166. The minimum Gasteiger partial charge on any atom is -0.480 e. The van der Waals surface area contributed by atoms with Crippen molar-refractivity contribution in [1.82, 2.24) is 15.1 Å². The molecule has 16 heavy (non-hydrogen) atoms. The van der Waals surface area contributed by atoms with E-state index in [1.165, 1.54) is 0 Å². The van der Waals surface area contributed by atoms with Crippen molar-refractivity contribution in [2.75, 3.05) is 0 Å². The quantitative estimate of drug-likeness (QED) is 0.759. The summed E-state index contributed by atoms with van der Waals surface area (Å²) in [7, 11) is 0. The normalized spacial score (nSPS) is 13.0. The van der Waals surface area contributed by atoms with Gasteiger partial charge < -0.3 is 10.4 Å². The van der Waals surface area contributed by atoms with Gasteiger partial charge in [-0.25, -0.2) is 0 Å². The zero-order valence-corrected chi connectivity index (χ0v) is 9.97. The van der Waals surface area contributed by atoms with Crippen LogP contribution in [0.3, 0.4) is 0 Å². The highest BCUT2D eigenvalue weighted by atomic mass is 16.4. The molecule has 0 bridgehead atoms. The highest BCUT2D eigenvalue weighted by Crippen LogP contribution is 2.02. The van der Waals surface area contributed by atoms with Crippen molar-refractivity contribution < 1.29 is 9.90 Å². The molecule has 1 aromatic rings. The van der Waals surface area contributed by atoms with E-state index in [0.717, 1.165) is 5.69 Å². The maximum atomic E-state index is 11.0. The predicted molar refractivity (Wildman–Crippen MR) is 61.3 cm³/mol. The Labute approximate surface area is 95.5 Å². The molecule has 0 spiro atoms. The summed E-state index contributed by atoms with van der Waals surface area (Å²) in [5.41, 5.74) is 1.05. The second-order valence-corrected chi connectivity index (χ2v) is 4.20. The van der Waals surface area contributed by atoms with Crippen molar-refractivity contribution in [2.45, 2.75) is 45.8 Å². The van der Waals surface area contributed by atoms with Crippen molar-refractivity contribution >= 4 is 5.97 Å². The van der Waals surface area contributed by atoms with E-state index in [0.29, 0.717) is 13.0 Å². The first kappa shape index (κ1) is 12.7. The highest BCUT2D eigenvalue weighted by Gasteiger charge is 2.17. The van der Waals surface area contributed by atoms with Crippen LogP contribution in [0, 0.1) is 6.92 Å². The third-order valence-electron chi connectivity index (χ3n) is 2.39. The Morgan fingerprint density at radius 2 is 2.31 bits per heavy atom. The number of aromatic nitrogens is 2. The Morgan fingerprint density at radius 3 is 2.75 bits per heavy atom. The third-order valence-corrected chi connectivity index (χ3v) is 2.39. The summed E-state index contributed by atoms with van der Waals surface area (Å²) >= 11 is 0. The largest absolute Gasteiger partial charge is 0.480 e. The number of hydrogen-bond donors (Lipinski definition) is 2. The van der Waals surface area contributed by atoms with E-state index < -0.39 is 12.0 Å². The van der Waals surface area contributed by atoms with E-state index >= 15 is 0 Å². The maximum absolute atomic E-state index is 11.0. The molecule has 1 aromatic heterocycles. The number of aryl methyl sites for hydroxylation is 2. The molecule has 0 saturated carbocycles. The average Bonchev–Trinajstić information content (AvgIpc) is 2.57. The fraction of sp³-hybridized carbons (Fsp3) is 0.636. The van der Waals surface area contributed by atoms with Gasteiger partial charge >= 0.3 is 5.97 Å². The molecule has 0 aliphatic heterocycles. The van der Waals surface area contributed by atoms with Crippen LogP contribution in [0.15, 0.2) is 12.3 Å². The van der Waals surface area contributed by atoms with Crippen LogP contribution >= 0.6 is 0 Å². The van der Waals surface area contributed by atoms with Crippen LogP contribution in [0.2, 0.25) is 0 Å². The second kappa shape index (κ2) is 5.65. The Morgan fingerprint density at radius 1 is 1.62 bits per heavy atom. The number of aliphatic carboxylic acids is 1. The third kappa shape index (κ3) is 3.66. The van der Waals surface area contributed by atoms with Crippen molar-refractivity contribution in [2.24, 2.45) is 0 Å². The van der Waals surface area contributed by atoms with Gasteiger partial charge in [-0.05, 0) is 19.4 Å². The predicted octanol–water partition coefficient (Wildman–Crippen LogP) is 1.03. The molecule has 0 aromatic carbocycles. The van der Waals surface area contributed by atoms with Crippen LogP contribution in [-0.4, -0.2) is 32.9 Å². The van der Waals surface area contributed by atoms with Crippen LogP contribution < -0.4 is 5.32 Å². The summed E-state index contributed by atoms with van der Waals surface area (Å²) in [6.07, 6.45) is 2.26. The first-order chi connectivity index (χ1) is 7.50. The fourth-order valence-electron chi connectivity index (χ4n) is 1.56. The van der Waals surface area contributed by atoms with Gasteiger partial charge in [-0.15, -0.1) is 0 Å². The molecule has 1 unspecified atom stereocenters. The second-order valence-electron chi connectivity index (χ2n) is 4.20. The Hall–Kier alpha value is -1.36. The van der Waals surface area contributed by atoms with Gasteiger partial charge in [0.15, 0.2) is 0 Å². The van der Waals surface area contributed by atoms with Crippen molar-refractivity contribution in [1.29, 1.82) is 0 Å². The number of rotatable bonds is 6. The van der Waals surface area contributed by atoms with Gasteiger partial charge in [0.05, 0.1) is 0 Å². The van der Waals surface area contributed by atoms with Crippen LogP contribution in [0.5, 0.6) is 0 Å². The number of nitrogens with zero attached hydrogens (tertiary/aromatic N) is 2. The number of carboxylic acids is 1. The van der Waals surface area contributed by atoms with Gasteiger partial charge in [0, 0.05) is 24.5 Å². The van der Waals surface area contributed by atoms with E-state index in [1.54, 1.807) is 6.20 Å². The van der Waals surface area contributed by atoms with Gasteiger partial charge in [0.25, 0.3) is 0 Å². The summed E-state index contributed by atoms with van der Waals surface area (Å²) in [6.45, 7) is 6.46. The fourth-order valence-corrected chi connectivity index (χ4v) is 1.56. The highest BCUT2D eigenvalue weighted by molar-refractivity contribution is 5.73. The molecule has 0 aliphatic rings. The summed E-state index contributed by atoms with van der Waals surface area (Å²) in [5, 5.41) is 16.2. The molecule has 2 N–H and O–H groups in total. The molecule has 5 heteroatoms. The lowest BCUT2D eigenvalue weighted by Crippen LogP contribution is -2.41. The Balaban J connectivity index is 2.50. The van der Waals surface area contributed by atoms with Crippen molar-refractivity contribution in [3.63, 3.8) is 0 Å². The maximum Gasteiger partial charge on any atom is 0.320 e. The monoisotopic (exact) mass is 225 g/mol. The first-order valence-electron chi connectivity index (χ1n) is 5.48. The smallest absolute Gasteiger partial charge is 0.320 e. The molecule has 1 atom stereocenters. The molecule has 0 fully saturated rings. The number of carboxylic acid groups (broad SMARTS) is 1. The zero-order chi connectivity index (χ0) is 12.1. The molecular weight excluding hydrogens is 206 g/mol. The van der Waals surface area contributed by atoms with Gasteiger partial charge in [0.2, 0.25) is 0 Å². The van der Waals surface area contributed by atoms with Crippen molar-refractivity contribution in [3.8, 4) is 0 Å². The molecular formula is C11H19N3O2. The summed E-state index contributed by atoms with van der Waals surface area (Å²) in [5.74, 6) is -0.807. The summed E-state index contributed by atoms with van der Waals surface area (Å²) in [4.78, 5) is 11.0. The lowest BCUT2D eigenvalue weighted by Gasteiger charge is -2.17. The molecule has 5 nitrogen and oxygen atoms in total. The number of carbonyl (C=O) groups is 1. The molecule has 0 aliphatic carbocycles. The van der Waals surface area contributed by atoms with E-state index in [9.17, 15) is 4.79 Å². The summed E-state index contributed by atoms with van der Waals surface area (Å²) < 4.78 is 1.82. The van der Waals surface area contributed by atoms with E-state index in [1.807, 2.05) is 31.5 Å². The molecule has 90 valence electrons. The lowest BCUT2D eigenvalue weighted by molar-refractivity contribution is -0.139. The number of hydrogen-bond acceptors (Lipinski definition) is 3.